The molecule has 0 saturated carbocycles. The molecule has 84 valence electrons. The van der Waals surface area contributed by atoms with Crippen LogP contribution in [0.25, 0.3) is 0 Å². The molecule has 0 aliphatic heterocycles. The predicted molar refractivity (Wildman–Crippen MR) is 57.5 cm³/mol. The lowest BCUT2D eigenvalue weighted by atomic mass is 10.0. The predicted octanol–water partition coefficient (Wildman–Crippen LogP) is 1.69. The Bertz CT molecular complexity index is 362. The molecule has 0 aliphatic carbocycles. The minimum Gasteiger partial charge on any atom is -0.396 e. The Labute approximate surface area is 96.2 Å². The molecule has 0 bridgehead atoms. The number of aliphatic hydroxyl groups is 2. The van der Waals surface area contributed by atoms with Crippen molar-refractivity contribution < 1.29 is 14.6 Å². The average Bonchev–Trinajstić information content (AvgIpc) is 2.21. The van der Waals surface area contributed by atoms with E-state index in [1.165, 1.54) is 6.07 Å². The molecule has 2 atom stereocenters. The van der Waals surface area contributed by atoms with Gasteiger partial charge in [0, 0.05) is 10.6 Å². The summed E-state index contributed by atoms with van der Waals surface area (Å²) in [7, 11) is 0. The van der Waals surface area contributed by atoms with Gasteiger partial charge in [0.2, 0.25) is 0 Å². The number of rotatable bonds is 3. The van der Waals surface area contributed by atoms with E-state index in [0.717, 1.165) is 6.07 Å². The molecule has 1 aromatic rings. The SMILES string of the molecule is Nc1c(F)cc(Cl)cc1C(O)C(O)CCl. The van der Waals surface area contributed by atoms with Crippen LogP contribution in [0.15, 0.2) is 12.1 Å². The molecule has 0 fully saturated rings. The molecule has 0 radical (unpaired) electrons. The van der Waals surface area contributed by atoms with Crippen LogP contribution in [0, 0.1) is 5.82 Å². The highest BCUT2D eigenvalue weighted by atomic mass is 35.5. The molecule has 3 nitrogen and oxygen atoms in total. The van der Waals surface area contributed by atoms with E-state index in [2.05, 4.69) is 0 Å². The van der Waals surface area contributed by atoms with Crippen molar-refractivity contribution in [3.8, 4) is 0 Å². The second-order valence-electron chi connectivity index (χ2n) is 3.06. The topological polar surface area (TPSA) is 66.5 Å². The molecule has 0 aromatic heterocycles. The Kier molecular flexibility index (Phi) is 4.16. The van der Waals surface area contributed by atoms with E-state index >= 15 is 0 Å². The van der Waals surface area contributed by atoms with Crippen molar-refractivity contribution in [2.75, 3.05) is 11.6 Å². The summed E-state index contributed by atoms with van der Waals surface area (Å²) in [6.45, 7) is 0. The van der Waals surface area contributed by atoms with E-state index in [1.54, 1.807) is 0 Å². The van der Waals surface area contributed by atoms with Crippen LogP contribution in [0.4, 0.5) is 10.1 Å². The molecular weight excluding hydrogens is 244 g/mol. The minimum absolute atomic E-state index is 0.0353. The smallest absolute Gasteiger partial charge is 0.147 e. The van der Waals surface area contributed by atoms with Crippen LogP contribution in [0.5, 0.6) is 0 Å². The Hall–Kier alpha value is -0.550. The van der Waals surface area contributed by atoms with E-state index in [9.17, 15) is 14.6 Å². The maximum absolute atomic E-state index is 13.1. The fourth-order valence-electron chi connectivity index (χ4n) is 1.14. The maximum Gasteiger partial charge on any atom is 0.147 e. The summed E-state index contributed by atoms with van der Waals surface area (Å²) in [5.41, 5.74) is 5.19. The van der Waals surface area contributed by atoms with Crippen molar-refractivity contribution in [2.45, 2.75) is 12.2 Å². The van der Waals surface area contributed by atoms with Crippen molar-refractivity contribution in [1.82, 2.24) is 0 Å². The Morgan fingerprint density at radius 3 is 2.53 bits per heavy atom. The Morgan fingerprint density at radius 2 is 2.00 bits per heavy atom. The van der Waals surface area contributed by atoms with E-state index in [0.29, 0.717) is 0 Å². The zero-order valence-corrected chi connectivity index (χ0v) is 9.13. The normalized spacial score (nSPS) is 15.0. The number of halogens is 3. The van der Waals surface area contributed by atoms with Gasteiger partial charge in [-0.25, -0.2) is 4.39 Å². The van der Waals surface area contributed by atoms with Crippen molar-refractivity contribution >= 4 is 28.9 Å². The molecule has 0 saturated heterocycles. The molecule has 0 amide bonds. The number of hydrogen-bond acceptors (Lipinski definition) is 3. The number of nitrogen functional groups attached to an aromatic ring is 1. The monoisotopic (exact) mass is 253 g/mol. The Balaban J connectivity index is 3.13. The van der Waals surface area contributed by atoms with E-state index in [4.69, 9.17) is 28.9 Å². The lowest BCUT2D eigenvalue weighted by molar-refractivity contribution is 0.0330. The van der Waals surface area contributed by atoms with Gasteiger partial charge in [0.1, 0.15) is 11.9 Å². The number of hydrogen-bond donors (Lipinski definition) is 3. The first-order valence-electron chi connectivity index (χ1n) is 4.14. The molecule has 0 spiro atoms. The number of benzene rings is 1. The summed E-state index contributed by atoms with van der Waals surface area (Å²) >= 11 is 10.9. The van der Waals surface area contributed by atoms with Gasteiger partial charge in [-0.2, -0.15) is 0 Å². The number of anilines is 1. The molecule has 6 heteroatoms. The van der Waals surface area contributed by atoms with Crippen LogP contribution in [-0.4, -0.2) is 22.2 Å². The lowest BCUT2D eigenvalue weighted by Crippen LogP contribution is -2.21. The highest BCUT2D eigenvalue weighted by Gasteiger charge is 2.21. The van der Waals surface area contributed by atoms with Gasteiger partial charge in [-0.05, 0) is 12.1 Å². The third kappa shape index (κ3) is 2.72. The minimum atomic E-state index is -1.35. The third-order valence-electron chi connectivity index (χ3n) is 1.97. The Morgan fingerprint density at radius 1 is 1.40 bits per heavy atom. The van der Waals surface area contributed by atoms with Crippen LogP contribution < -0.4 is 5.73 Å². The average molecular weight is 254 g/mol. The molecule has 4 N–H and O–H groups in total. The van der Waals surface area contributed by atoms with Crippen LogP contribution in [-0.2, 0) is 0 Å². The number of alkyl halides is 1. The fraction of sp³-hybridized carbons (Fsp3) is 0.333. The highest BCUT2D eigenvalue weighted by Crippen LogP contribution is 2.29. The first kappa shape index (κ1) is 12.5. The maximum atomic E-state index is 13.1. The fourth-order valence-corrected chi connectivity index (χ4v) is 1.52. The molecule has 15 heavy (non-hydrogen) atoms. The molecule has 0 aliphatic rings. The van der Waals surface area contributed by atoms with E-state index < -0.39 is 18.0 Å². The van der Waals surface area contributed by atoms with Gasteiger partial charge >= 0.3 is 0 Å². The van der Waals surface area contributed by atoms with Gasteiger partial charge in [-0.3, -0.25) is 0 Å². The van der Waals surface area contributed by atoms with Crippen molar-refractivity contribution in [2.24, 2.45) is 0 Å². The zero-order chi connectivity index (χ0) is 11.6. The van der Waals surface area contributed by atoms with Crippen LogP contribution in [0.2, 0.25) is 5.02 Å². The van der Waals surface area contributed by atoms with Gasteiger partial charge < -0.3 is 15.9 Å². The number of aliphatic hydroxyl groups excluding tert-OH is 2. The van der Waals surface area contributed by atoms with Gasteiger partial charge in [-0.15, -0.1) is 11.6 Å². The molecule has 1 aromatic carbocycles. The van der Waals surface area contributed by atoms with Crippen LogP contribution in [0.3, 0.4) is 0 Å². The lowest BCUT2D eigenvalue weighted by Gasteiger charge is -2.18. The summed E-state index contributed by atoms with van der Waals surface area (Å²) in [5, 5.41) is 19.0. The highest BCUT2D eigenvalue weighted by molar-refractivity contribution is 6.30. The van der Waals surface area contributed by atoms with Gasteiger partial charge in [0.15, 0.2) is 0 Å². The second kappa shape index (κ2) is 4.99. The van der Waals surface area contributed by atoms with Gasteiger partial charge in [0.05, 0.1) is 17.7 Å². The summed E-state index contributed by atoms with van der Waals surface area (Å²) in [4.78, 5) is 0. The van der Waals surface area contributed by atoms with Crippen molar-refractivity contribution in [3.05, 3.63) is 28.5 Å². The van der Waals surface area contributed by atoms with Crippen molar-refractivity contribution in [1.29, 1.82) is 0 Å². The quantitative estimate of drug-likeness (QED) is 0.568. The first-order valence-corrected chi connectivity index (χ1v) is 5.05. The molecular formula is C9H10Cl2FNO2. The standard InChI is InChI=1S/C9H10Cl2FNO2/c10-3-7(14)9(15)5-1-4(11)2-6(12)8(5)13/h1-2,7,9,14-15H,3,13H2. The van der Waals surface area contributed by atoms with Gasteiger partial charge in [-0.1, -0.05) is 11.6 Å². The molecule has 2 unspecified atom stereocenters. The summed E-state index contributed by atoms with van der Waals surface area (Å²) < 4.78 is 13.1. The summed E-state index contributed by atoms with van der Waals surface area (Å²) in [5.74, 6) is -0.923. The largest absolute Gasteiger partial charge is 0.396 e. The molecule has 0 heterocycles. The zero-order valence-electron chi connectivity index (χ0n) is 7.62. The summed E-state index contributed by atoms with van der Waals surface area (Å²) in [6.07, 6.45) is -2.57. The number of nitrogens with two attached hydrogens (primary N) is 1. The molecule has 1 rings (SSSR count). The van der Waals surface area contributed by atoms with Crippen molar-refractivity contribution in [3.63, 3.8) is 0 Å². The van der Waals surface area contributed by atoms with E-state index in [1.807, 2.05) is 0 Å². The van der Waals surface area contributed by atoms with Crippen LogP contribution >= 0.6 is 23.2 Å². The van der Waals surface area contributed by atoms with Gasteiger partial charge in [0.25, 0.3) is 0 Å². The van der Waals surface area contributed by atoms with E-state index in [-0.39, 0.29) is 22.2 Å². The summed E-state index contributed by atoms with van der Waals surface area (Å²) in [6, 6.07) is 2.32. The first-order chi connectivity index (χ1) is 6.97. The third-order valence-corrected chi connectivity index (χ3v) is 2.50. The second-order valence-corrected chi connectivity index (χ2v) is 3.80. The van der Waals surface area contributed by atoms with Crippen LogP contribution in [0.1, 0.15) is 11.7 Å².